The lowest BCUT2D eigenvalue weighted by atomic mass is 9.90. The predicted octanol–water partition coefficient (Wildman–Crippen LogP) is -1.27. The number of ether oxygens (including phenoxy) is 1. The number of oxime groups is 1. The summed E-state index contributed by atoms with van der Waals surface area (Å²) in [7, 11) is -5.21. The van der Waals surface area contributed by atoms with E-state index in [0.29, 0.717) is 24.6 Å². The van der Waals surface area contributed by atoms with Crippen molar-refractivity contribution in [3.8, 4) is 16.9 Å². The van der Waals surface area contributed by atoms with Crippen LogP contribution in [-0.4, -0.2) is 100 Å². The largest absolute Gasteiger partial charge is 0.724 e. The number of nitrogens with two attached hydrogens (primary N) is 2. The Labute approximate surface area is 296 Å². The number of aryl methyl sites for hydroxylation is 2. The number of benzene rings is 1. The van der Waals surface area contributed by atoms with Crippen molar-refractivity contribution in [1.29, 1.82) is 0 Å². The second kappa shape index (κ2) is 14.5. The molecular formula is C30H37N9O10S2. The van der Waals surface area contributed by atoms with Gasteiger partial charge in [-0.2, -0.15) is 8.97 Å². The zero-order valence-electron chi connectivity index (χ0n) is 27.4. The summed E-state index contributed by atoms with van der Waals surface area (Å²) in [5, 5.41) is 21.5. The molecule has 0 bridgehead atoms. The molecule has 19 nitrogen and oxygen atoms in total. The molecule has 0 spiro atoms. The first-order chi connectivity index (χ1) is 24.2. The molecule has 3 aromatic rings. The van der Waals surface area contributed by atoms with Gasteiger partial charge in [0.15, 0.2) is 23.5 Å². The van der Waals surface area contributed by atoms with Crippen LogP contribution in [0.5, 0.6) is 5.75 Å². The maximum absolute atomic E-state index is 13.2. The van der Waals surface area contributed by atoms with Crippen molar-refractivity contribution in [2.75, 3.05) is 31.9 Å². The molecule has 0 radical (unpaired) electrons. The van der Waals surface area contributed by atoms with Crippen LogP contribution < -0.4 is 31.5 Å². The number of carbonyl (C=O) groups is 3. The van der Waals surface area contributed by atoms with Crippen LogP contribution in [0.15, 0.2) is 41.1 Å². The topological polar surface area (TPSA) is 270 Å². The number of aromatic nitrogens is 3. The van der Waals surface area contributed by atoms with Gasteiger partial charge in [-0.1, -0.05) is 11.2 Å². The van der Waals surface area contributed by atoms with Gasteiger partial charge in [-0.05, 0) is 56.0 Å². The highest BCUT2D eigenvalue weighted by atomic mass is 32.3. The third-order valence-electron chi connectivity index (χ3n) is 8.87. The Morgan fingerprint density at radius 3 is 2.75 bits per heavy atom. The monoisotopic (exact) mass is 747 g/mol. The van der Waals surface area contributed by atoms with Crippen LogP contribution in [0.3, 0.4) is 0 Å². The molecule has 0 saturated carbocycles. The molecular weight excluding hydrogens is 711 g/mol. The number of hydrogen-bond donors (Lipinski definition) is 5. The fourth-order valence-electron chi connectivity index (χ4n) is 5.84. The number of fused-ring (bicyclic) bond motifs is 1. The van der Waals surface area contributed by atoms with Gasteiger partial charge in [0.2, 0.25) is 16.6 Å². The number of anilines is 1. The lowest BCUT2D eigenvalue weighted by Gasteiger charge is -2.37. The number of carboxylic acids is 1. The quantitative estimate of drug-likeness (QED) is 0.0303. The van der Waals surface area contributed by atoms with Gasteiger partial charge in [0.1, 0.15) is 17.5 Å². The summed E-state index contributed by atoms with van der Waals surface area (Å²) in [5.41, 5.74) is 11.7. The fourth-order valence-corrected chi connectivity index (χ4v) is 6.74. The first-order valence-corrected chi connectivity index (χ1v) is 18.2. The number of hydroxylamine groups is 2. The van der Waals surface area contributed by atoms with Crippen LogP contribution in [-0.2, 0) is 53.4 Å². The highest BCUT2D eigenvalue weighted by molar-refractivity contribution is 7.80. The molecule has 2 unspecified atom stereocenters. The van der Waals surface area contributed by atoms with Crippen LogP contribution in [0, 0.1) is 5.92 Å². The minimum absolute atomic E-state index is 0.0654. The molecule has 2 saturated heterocycles. The number of amides is 2. The second-order valence-electron chi connectivity index (χ2n) is 12.6. The Hall–Kier alpha value is -4.67. The van der Waals surface area contributed by atoms with Crippen LogP contribution in [0.1, 0.15) is 31.0 Å². The molecule has 274 valence electrons. The van der Waals surface area contributed by atoms with Crippen molar-refractivity contribution < 1.29 is 51.0 Å². The van der Waals surface area contributed by atoms with Gasteiger partial charge in [0, 0.05) is 24.4 Å². The van der Waals surface area contributed by atoms with E-state index in [4.69, 9.17) is 21.0 Å². The van der Waals surface area contributed by atoms with Crippen molar-refractivity contribution in [3.05, 3.63) is 47.2 Å². The molecule has 2 amide bonds. The Bertz CT molecular complexity index is 1960. The molecule has 3 atom stereocenters. The molecule has 51 heavy (non-hydrogen) atoms. The van der Waals surface area contributed by atoms with E-state index in [1.54, 1.807) is 6.07 Å². The summed E-state index contributed by atoms with van der Waals surface area (Å²) in [6.45, 7) is 5.05. The van der Waals surface area contributed by atoms with Crippen LogP contribution in [0.4, 0.5) is 5.13 Å². The van der Waals surface area contributed by atoms with Gasteiger partial charge >= 0.3 is 5.97 Å². The molecule has 6 rings (SSSR count). The number of hydrogen-bond acceptors (Lipinski definition) is 15. The molecule has 7 N–H and O–H groups in total. The second-order valence-corrected chi connectivity index (χ2v) is 14.4. The van der Waals surface area contributed by atoms with E-state index in [9.17, 15) is 32.5 Å². The van der Waals surface area contributed by atoms with Crippen LogP contribution in [0.25, 0.3) is 11.1 Å². The van der Waals surface area contributed by atoms with Crippen molar-refractivity contribution in [2.24, 2.45) is 16.8 Å². The first-order valence-electron chi connectivity index (χ1n) is 16.0. The van der Waals surface area contributed by atoms with E-state index in [1.807, 2.05) is 12.1 Å². The third-order valence-corrected chi connectivity index (χ3v) is 9.91. The number of rotatable bonds is 15. The van der Waals surface area contributed by atoms with E-state index in [1.165, 1.54) is 12.3 Å². The Kier molecular flexibility index (Phi) is 10.3. The zero-order valence-corrected chi connectivity index (χ0v) is 29.0. The number of carboxylic acid groups (broad SMARTS) is 1. The van der Waals surface area contributed by atoms with E-state index >= 15 is 0 Å². The Balaban J connectivity index is 1.18. The molecule has 5 heterocycles. The van der Waals surface area contributed by atoms with Crippen molar-refractivity contribution in [1.82, 2.24) is 25.4 Å². The highest BCUT2D eigenvalue weighted by Gasteiger charge is 2.49. The molecule has 1 aromatic carbocycles. The lowest BCUT2D eigenvalue weighted by molar-refractivity contribution is -0.781. The molecule has 3 aliphatic rings. The predicted molar refractivity (Wildman–Crippen MR) is 177 cm³/mol. The van der Waals surface area contributed by atoms with Gasteiger partial charge in [-0.3, -0.25) is 9.59 Å². The van der Waals surface area contributed by atoms with E-state index in [2.05, 4.69) is 46.8 Å². The van der Waals surface area contributed by atoms with Crippen molar-refractivity contribution in [2.45, 2.75) is 57.0 Å². The number of nitrogens with zero attached hydrogens (tertiary/aromatic N) is 5. The Morgan fingerprint density at radius 2 is 2.12 bits per heavy atom. The smallest absolute Gasteiger partial charge is 0.354 e. The maximum Gasteiger partial charge on any atom is 0.354 e. The number of nitrogen functional groups attached to an aromatic ring is 1. The average Bonchev–Trinajstić information content (AvgIpc) is 3.69. The number of nitrogens with one attached hydrogen (secondary N) is 2. The lowest BCUT2D eigenvalue weighted by Crippen LogP contribution is -2.64. The molecule has 21 heteroatoms. The van der Waals surface area contributed by atoms with Gasteiger partial charge in [-0.25, -0.2) is 23.3 Å². The number of β-lactam (4-membered cyclic amide) rings is 1. The van der Waals surface area contributed by atoms with Gasteiger partial charge in [0.25, 0.3) is 17.4 Å². The Morgan fingerprint density at radius 1 is 1.33 bits per heavy atom. The molecule has 2 aromatic heterocycles. The van der Waals surface area contributed by atoms with Crippen molar-refractivity contribution in [3.63, 3.8) is 0 Å². The zero-order chi connectivity index (χ0) is 36.5. The third kappa shape index (κ3) is 7.97. The van der Waals surface area contributed by atoms with Gasteiger partial charge < -0.3 is 41.3 Å². The van der Waals surface area contributed by atoms with Crippen LogP contribution >= 0.6 is 11.3 Å². The van der Waals surface area contributed by atoms with Gasteiger partial charge in [-0.15, -0.1) is 16.0 Å². The number of thiazole rings is 1. The summed E-state index contributed by atoms with van der Waals surface area (Å²) < 4.78 is 47.0. The van der Waals surface area contributed by atoms with Crippen LogP contribution in [0.2, 0.25) is 0 Å². The highest BCUT2D eigenvalue weighted by Crippen LogP contribution is 2.36. The summed E-state index contributed by atoms with van der Waals surface area (Å²) in [6.07, 6.45) is 4.74. The van der Waals surface area contributed by atoms with Crippen molar-refractivity contribution >= 4 is 50.4 Å². The normalized spacial score (nSPS) is 20.4. The maximum atomic E-state index is 13.2. The SMILES string of the molecule is C[C@@](O/N=C(\C(=O)NC1CN(OS(=O)(=O)[O-])C1=O)c1csc(N)n1)(C(=O)O)C1CCc2cc(-c3cn(CCCN)[n+](CC4CNC4)c3)ccc2O1. The fraction of sp³-hybridized carbons (Fsp3) is 0.467. The number of aliphatic carboxylic acids is 1. The molecule has 3 aliphatic heterocycles. The minimum Gasteiger partial charge on any atom is -0.724 e. The average molecular weight is 748 g/mol. The summed E-state index contributed by atoms with van der Waals surface area (Å²) in [4.78, 5) is 47.8. The van der Waals surface area contributed by atoms with E-state index in [0.717, 1.165) is 60.6 Å². The summed E-state index contributed by atoms with van der Waals surface area (Å²) >= 11 is 0.969. The summed E-state index contributed by atoms with van der Waals surface area (Å²) in [6, 6.07) is 4.45. The number of carbonyl (C=O) groups excluding carboxylic acids is 2. The van der Waals surface area contributed by atoms with E-state index in [-0.39, 0.29) is 22.3 Å². The minimum atomic E-state index is -5.21. The molecule has 2 fully saturated rings. The first kappa shape index (κ1) is 36.1. The summed E-state index contributed by atoms with van der Waals surface area (Å²) in [5.74, 6) is -2.40. The van der Waals surface area contributed by atoms with Gasteiger partial charge in [0.05, 0.1) is 24.8 Å². The van der Waals surface area contributed by atoms with E-state index < -0.39 is 58.2 Å². The standard InChI is InChI=1S/C30H37N9O10S2/c1-30(28(42)43,48-36-25(22-16-50-29(32)35-22)26(40)34-21-15-39(27(21)41)49-51(44,45)46)24-6-4-19-9-18(3-5-23(19)47-24)20-13-37(8-2-7-31)38(14-20)12-17-10-33-11-17/h3,5,9,13-14,16-17,21,24,33H,2,4,6-8,10-12,15,31H2,1H3,(H4-,32,34,35,40,42,43,44,45,46)/b36-25-/t21?,24?,30-/m0/s1. The molecule has 0 aliphatic carbocycles.